The molecule has 0 radical (unpaired) electrons. The molecule has 0 aliphatic carbocycles. The number of benzene rings is 1. The lowest BCUT2D eigenvalue weighted by Crippen LogP contribution is -2.01. The molecule has 0 bridgehead atoms. The maximum atomic E-state index is 5.89. The molecule has 0 aliphatic heterocycles. The van der Waals surface area contributed by atoms with Crippen LogP contribution in [0.1, 0.15) is 23.6 Å². The number of hydrogen-bond donors (Lipinski definition) is 1. The van der Waals surface area contributed by atoms with Gasteiger partial charge < -0.3 is 5.73 Å². The zero-order valence-electron chi connectivity index (χ0n) is 10.5. The predicted octanol–water partition coefficient (Wildman–Crippen LogP) is 2.91. The lowest BCUT2D eigenvalue weighted by molar-refractivity contribution is 1.06. The molecule has 0 unspecified atom stereocenters. The number of nitrogens with zero attached hydrogens (tertiary/aromatic N) is 2. The Morgan fingerprint density at radius 2 is 1.71 bits per heavy atom. The highest BCUT2D eigenvalue weighted by Crippen LogP contribution is 2.26. The van der Waals surface area contributed by atoms with Gasteiger partial charge >= 0.3 is 0 Å². The van der Waals surface area contributed by atoms with E-state index >= 15 is 0 Å². The van der Waals surface area contributed by atoms with Gasteiger partial charge in [0.25, 0.3) is 0 Å². The molecule has 2 aromatic rings. The minimum absolute atomic E-state index is 0.580. The molecule has 3 heteroatoms. The lowest BCUT2D eigenvalue weighted by Gasteiger charge is -2.10. The summed E-state index contributed by atoms with van der Waals surface area (Å²) in [5.41, 5.74) is 11.5. The number of hydrogen-bond acceptors (Lipinski definition) is 3. The van der Waals surface area contributed by atoms with Gasteiger partial charge in [-0.1, -0.05) is 24.1 Å². The topological polar surface area (TPSA) is 51.8 Å². The van der Waals surface area contributed by atoms with Crippen molar-refractivity contribution in [3.05, 3.63) is 41.2 Å². The maximum Gasteiger partial charge on any atom is 0.130 e. The third-order valence-electron chi connectivity index (χ3n) is 2.83. The minimum Gasteiger partial charge on any atom is -0.383 e. The lowest BCUT2D eigenvalue weighted by atomic mass is 10.0. The van der Waals surface area contributed by atoms with E-state index in [0.717, 1.165) is 23.2 Å². The summed E-state index contributed by atoms with van der Waals surface area (Å²) in [7, 11) is 0. The Bertz CT molecular complexity index is 527. The molecule has 2 rings (SSSR count). The smallest absolute Gasteiger partial charge is 0.130 e. The summed E-state index contributed by atoms with van der Waals surface area (Å²) in [5.74, 6) is 0.580. The number of nitrogen functional groups attached to an aromatic ring is 1. The molecular weight excluding hydrogens is 210 g/mol. The Kier molecular flexibility index (Phi) is 3.09. The van der Waals surface area contributed by atoms with Crippen molar-refractivity contribution in [2.75, 3.05) is 5.73 Å². The summed E-state index contributed by atoms with van der Waals surface area (Å²) < 4.78 is 0. The van der Waals surface area contributed by atoms with E-state index in [1.54, 1.807) is 0 Å². The molecule has 17 heavy (non-hydrogen) atoms. The van der Waals surface area contributed by atoms with E-state index in [2.05, 4.69) is 48.9 Å². The van der Waals surface area contributed by atoms with Gasteiger partial charge in [0.2, 0.25) is 0 Å². The Morgan fingerprint density at radius 3 is 2.29 bits per heavy atom. The molecular formula is C14H17N3. The third kappa shape index (κ3) is 2.28. The Balaban J connectivity index is 2.63. The highest BCUT2D eigenvalue weighted by Gasteiger charge is 2.09. The average molecular weight is 227 g/mol. The van der Waals surface area contributed by atoms with Gasteiger partial charge in [0.05, 0.1) is 5.69 Å². The van der Waals surface area contributed by atoms with E-state index < -0.39 is 0 Å². The van der Waals surface area contributed by atoms with Crippen LogP contribution in [0.25, 0.3) is 11.3 Å². The van der Waals surface area contributed by atoms with E-state index in [1.807, 2.05) is 0 Å². The average Bonchev–Trinajstić information content (AvgIpc) is 2.27. The summed E-state index contributed by atoms with van der Waals surface area (Å²) >= 11 is 0. The third-order valence-corrected chi connectivity index (χ3v) is 2.83. The van der Waals surface area contributed by atoms with Gasteiger partial charge in [-0.2, -0.15) is 0 Å². The van der Waals surface area contributed by atoms with Crippen LogP contribution in [0.5, 0.6) is 0 Å². The van der Waals surface area contributed by atoms with Crippen LogP contribution in [-0.4, -0.2) is 9.97 Å². The molecule has 0 atom stereocenters. The van der Waals surface area contributed by atoms with Gasteiger partial charge in [-0.3, -0.25) is 0 Å². The molecule has 1 aromatic heterocycles. The first-order valence-electron chi connectivity index (χ1n) is 5.79. The van der Waals surface area contributed by atoms with E-state index in [4.69, 9.17) is 5.73 Å². The summed E-state index contributed by atoms with van der Waals surface area (Å²) in [5, 5.41) is 0. The molecule has 1 heterocycles. The normalized spacial score (nSPS) is 10.5. The summed E-state index contributed by atoms with van der Waals surface area (Å²) in [6.45, 7) is 6.25. The number of rotatable bonds is 2. The SMILES string of the molecule is CCc1c(N)ncnc1-c1cc(C)cc(C)c1. The fraction of sp³-hybridized carbons (Fsp3) is 0.286. The summed E-state index contributed by atoms with van der Waals surface area (Å²) in [4.78, 5) is 8.42. The fourth-order valence-corrected chi connectivity index (χ4v) is 2.13. The second-order valence-corrected chi connectivity index (χ2v) is 4.32. The Morgan fingerprint density at radius 1 is 1.06 bits per heavy atom. The van der Waals surface area contributed by atoms with Gasteiger partial charge in [0, 0.05) is 11.1 Å². The maximum absolute atomic E-state index is 5.89. The second kappa shape index (κ2) is 4.53. The highest BCUT2D eigenvalue weighted by atomic mass is 14.9. The van der Waals surface area contributed by atoms with Crippen LogP contribution in [0.3, 0.4) is 0 Å². The van der Waals surface area contributed by atoms with Crippen molar-refractivity contribution >= 4 is 5.82 Å². The highest BCUT2D eigenvalue weighted by molar-refractivity contribution is 5.68. The van der Waals surface area contributed by atoms with Crippen LogP contribution in [-0.2, 0) is 6.42 Å². The molecule has 3 nitrogen and oxygen atoms in total. The first-order chi connectivity index (χ1) is 8.11. The second-order valence-electron chi connectivity index (χ2n) is 4.32. The van der Waals surface area contributed by atoms with Gasteiger partial charge in [-0.25, -0.2) is 9.97 Å². The van der Waals surface area contributed by atoms with Crippen LogP contribution < -0.4 is 5.73 Å². The first-order valence-corrected chi connectivity index (χ1v) is 5.79. The van der Waals surface area contributed by atoms with Gasteiger partial charge in [-0.15, -0.1) is 0 Å². The zero-order chi connectivity index (χ0) is 12.4. The van der Waals surface area contributed by atoms with Crippen molar-refractivity contribution in [3.8, 4) is 11.3 Å². The molecule has 0 saturated heterocycles. The van der Waals surface area contributed by atoms with E-state index in [0.29, 0.717) is 5.82 Å². The van der Waals surface area contributed by atoms with Crippen molar-refractivity contribution in [1.82, 2.24) is 9.97 Å². The van der Waals surface area contributed by atoms with Crippen molar-refractivity contribution in [1.29, 1.82) is 0 Å². The number of aryl methyl sites for hydroxylation is 2. The van der Waals surface area contributed by atoms with Crippen molar-refractivity contribution in [3.63, 3.8) is 0 Å². The van der Waals surface area contributed by atoms with Gasteiger partial charge in [0.1, 0.15) is 12.1 Å². The minimum atomic E-state index is 0.580. The van der Waals surface area contributed by atoms with Crippen LogP contribution in [0.4, 0.5) is 5.82 Å². The van der Waals surface area contributed by atoms with Crippen LogP contribution in [0.2, 0.25) is 0 Å². The molecule has 1 aromatic carbocycles. The first kappa shape index (κ1) is 11.6. The van der Waals surface area contributed by atoms with Crippen molar-refractivity contribution in [2.24, 2.45) is 0 Å². The van der Waals surface area contributed by atoms with E-state index in [1.165, 1.54) is 17.5 Å². The number of aromatic nitrogens is 2. The van der Waals surface area contributed by atoms with Gasteiger partial charge in [-0.05, 0) is 32.4 Å². The zero-order valence-corrected chi connectivity index (χ0v) is 10.5. The van der Waals surface area contributed by atoms with Crippen LogP contribution in [0.15, 0.2) is 24.5 Å². The van der Waals surface area contributed by atoms with Crippen molar-refractivity contribution in [2.45, 2.75) is 27.2 Å². The molecule has 0 fully saturated rings. The Labute approximate surface area is 102 Å². The molecule has 2 N–H and O–H groups in total. The van der Waals surface area contributed by atoms with E-state index in [9.17, 15) is 0 Å². The number of anilines is 1. The quantitative estimate of drug-likeness (QED) is 0.858. The monoisotopic (exact) mass is 227 g/mol. The molecule has 0 spiro atoms. The largest absolute Gasteiger partial charge is 0.383 e. The van der Waals surface area contributed by atoms with Crippen LogP contribution in [0, 0.1) is 13.8 Å². The van der Waals surface area contributed by atoms with E-state index in [-0.39, 0.29) is 0 Å². The molecule has 0 saturated carbocycles. The fourth-order valence-electron chi connectivity index (χ4n) is 2.13. The molecule has 88 valence electrons. The van der Waals surface area contributed by atoms with Crippen molar-refractivity contribution < 1.29 is 0 Å². The summed E-state index contributed by atoms with van der Waals surface area (Å²) in [6.07, 6.45) is 2.37. The standard InChI is InChI=1S/C14H17N3/c1-4-12-13(16-8-17-14(12)15)11-6-9(2)5-10(3)7-11/h5-8H,4H2,1-3H3,(H2,15,16,17). The molecule has 0 aliphatic rings. The predicted molar refractivity (Wildman–Crippen MR) is 70.7 cm³/mol. The molecule has 0 amide bonds. The number of nitrogens with two attached hydrogens (primary N) is 1. The van der Waals surface area contributed by atoms with Crippen LogP contribution >= 0.6 is 0 Å². The van der Waals surface area contributed by atoms with Gasteiger partial charge in [0.15, 0.2) is 0 Å². The summed E-state index contributed by atoms with van der Waals surface area (Å²) in [6, 6.07) is 6.42. The Hall–Kier alpha value is -1.90.